The Morgan fingerprint density at radius 2 is 2.07 bits per heavy atom. The minimum Gasteiger partial charge on any atom is -0.497 e. The summed E-state index contributed by atoms with van der Waals surface area (Å²) in [5, 5.41) is 7.08. The van der Waals surface area contributed by atoms with Crippen molar-refractivity contribution in [1.82, 2.24) is 0 Å². The first-order valence-electron chi connectivity index (χ1n) is 4.82. The molecule has 82 valence electrons. The summed E-state index contributed by atoms with van der Waals surface area (Å²) in [5.74, 6) is 2.14. The monoisotopic (exact) mass is 224 g/mol. The molecule has 0 heterocycles. The van der Waals surface area contributed by atoms with Gasteiger partial charge < -0.3 is 10.5 Å². The zero-order chi connectivity index (χ0) is 11.1. The highest BCUT2D eigenvalue weighted by atomic mass is 32.2. The lowest BCUT2D eigenvalue weighted by Crippen LogP contribution is -2.08. The topological polar surface area (TPSA) is 59.1 Å². The van der Waals surface area contributed by atoms with Crippen LogP contribution in [0.2, 0.25) is 0 Å². The summed E-state index contributed by atoms with van der Waals surface area (Å²) < 4.78 is 5.07. The van der Waals surface area contributed by atoms with E-state index < -0.39 is 0 Å². The molecule has 0 amide bonds. The van der Waals surface area contributed by atoms with Gasteiger partial charge in [0.2, 0.25) is 0 Å². The molecule has 0 unspecified atom stereocenters. The maximum absolute atomic E-state index is 7.08. The van der Waals surface area contributed by atoms with Crippen LogP contribution >= 0.6 is 11.8 Å². The molecule has 0 spiro atoms. The summed E-state index contributed by atoms with van der Waals surface area (Å²) in [6.07, 6.45) is 1.63. The van der Waals surface area contributed by atoms with E-state index >= 15 is 0 Å². The Morgan fingerprint density at radius 3 is 2.60 bits per heavy atom. The first kappa shape index (κ1) is 11.9. The Balaban J connectivity index is 2.28. The van der Waals surface area contributed by atoms with E-state index in [-0.39, 0.29) is 5.84 Å². The fourth-order valence-corrected chi connectivity index (χ4v) is 1.98. The second-order valence-electron chi connectivity index (χ2n) is 3.15. The van der Waals surface area contributed by atoms with Gasteiger partial charge >= 0.3 is 0 Å². The van der Waals surface area contributed by atoms with Crippen LogP contribution in [0.5, 0.6) is 5.75 Å². The zero-order valence-corrected chi connectivity index (χ0v) is 9.64. The molecule has 1 aromatic carbocycles. The minimum atomic E-state index is 0.269. The van der Waals surface area contributed by atoms with Crippen molar-refractivity contribution in [3.8, 4) is 5.75 Å². The van der Waals surface area contributed by atoms with Gasteiger partial charge in [0.25, 0.3) is 0 Å². The molecule has 0 radical (unpaired) electrons. The van der Waals surface area contributed by atoms with E-state index in [4.69, 9.17) is 15.9 Å². The average molecular weight is 224 g/mol. The molecule has 0 aliphatic heterocycles. The van der Waals surface area contributed by atoms with Gasteiger partial charge in [-0.15, -0.1) is 11.8 Å². The quantitative estimate of drug-likeness (QED) is 0.338. The van der Waals surface area contributed by atoms with E-state index in [1.54, 1.807) is 18.9 Å². The van der Waals surface area contributed by atoms with Crippen LogP contribution in [0.3, 0.4) is 0 Å². The fraction of sp³-hybridized carbons (Fsp3) is 0.364. The SMILES string of the molecule is COc1ccc(SCCCC(=N)N)cc1. The molecule has 1 rings (SSSR count). The van der Waals surface area contributed by atoms with Gasteiger partial charge in [-0.1, -0.05) is 0 Å². The summed E-state index contributed by atoms with van der Waals surface area (Å²) in [7, 11) is 1.66. The molecular formula is C11H16N2OS. The van der Waals surface area contributed by atoms with Crippen LogP contribution in [0, 0.1) is 5.41 Å². The third-order valence-corrected chi connectivity index (χ3v) is 3.02. The van der Waals surface area contributed by atoms with Crippen LogP contribution in [-0.4, -0.2) is 18.7 Å². The van der Waals surface area contributed by atoms with E-state index in [1.807, 2.05) is 24.3 Å². The summed E-state index contributed by atoms with van der Waals surface area (Å²) in [5.41, 5.74) is 5.27. The number of hydrogen-bond donors (Lipinski definition) is 2. The Labute approximate surface area is 94.5 Å². The lowest BCUT2D eigenvalue weighted by atomic mass is 10.3. The number of ether oxygens (including phenoxy) is 1. The molecule has 0 aliphatic rings. The summed E-state index contributed by atoms with van der Waals surface area (Å²) in [4.78, 5) is 1.22. The van der Waals surface area contributed by atoms with Crippen molar-refractivity contribution < 1.29 is 4.74 Å². The maximum Gasteiger partial charge on any atom is 0.118 e. The number of rotatable bonds is 6. The predicted molar refractivity (Wildman–Crippen MR) is 64.9 cm³/mol. The third kappa shape index (κ3) is 4.74. The molecule has 0 saturated heterocycles. The molecule has 4 heteroatoms. The van der Waals surface area contributed by atoms with Crippen molar-refractivity contribution in [2.24, 2.45) is 5.73 Å². The van der Waals surface area contributed by atoms with Crippen molar-refractivity contribution in [1.29, 1.82) is 5.41 Å². The standard InChI is InChI=1S/C11H16N2OS/c1-14-9-4-6-10(7-5-9)15-8-2-3-11(12)13/h4-7H,2-3,8H2,1H3,(H3,12,13). The van der Waals surface area contributed by atoms with Gasteiger partial charge in [-0.05, 0) is 36.4 Å². The smallest absolute Gasteiger partial charge is 0.118 e. The molecule has 0 fully saturated rings. The molecule has 3 N–H and O–H groups in total. The summed E-state index contributed by atoms with van der Waals surface area (Å²) >= 11 is 1.77. The van der Waals surface area contributed by atoms with Crippen molar-refractivity contribution in [3.63, 3.8) is 0 Å². The Hall–Kier alpha value is -1.16. The van der Waals surface area contributed by atoms with Crippen LogP contribution in [0.1, 0.15) is 12.8 Å². The second-order valence-corrected chi connectivity index (χ2v) is 4.32. The second kappa shape index (κ2) is 6.35. The zero-order valence-electron chi connectivity index (χ0n) is 8.82. The highest BCUT2D eigenvalue weighted by Gasteiger charge is 1.96. The number of benzene rings is 1. The van der Waals surface area contributed by atoms with E-state index in [9.17, 15) is 0 Å². The van der Waals surface area contributed by atoms with E-state index in [1.165, 1.54) is 4.90 Å². The normalized spacial score (nSPS) is 9.93. The molecule has 0 saturated carbocycles. The lowest BCUT2D eigenvalue weighted by molar-refractivity contribution is 0.414. The van der Waals surface area contributed by atoms with E-state index in [0.29, 0.717) is 6.42 Å². The number of amidine groups is 1. The van der Waals surface area contributed by atoms with Crippen molar-refractivity contribution in [2.75, 3.05) is 12.9 Å². The number of thioether (sulfide) groups is 1. The van der Waals surface area contributed by atoms with Gasteiger partial charge in [-0.2, -0.15) is 0 Å². The predicted octanol–water partition coefficient (Wildman–Crippen LogP) is 2.50. The highest BCUT2D eigenvalue weighted by molar-refractivity contribution is 7.99. The van der Waals surface area contributed by atoms with Gasteiger partial charge in [0.15, 0.2) is 0 Å². The summed E-state index contributed by atoms with van der Waals surface area (Å²) in [6.45, 7) is 0. The first-order chi connectivity index (χ1) is 7.22. The summed E-state index contributed by atoms with van der Waals surface area (Å²) in [6, 6.07) is 7.98. The first-order valence-corrected chi connectivity index (χ1v) is 5.80. The van der Waals surface area contributed by atoms with Crippen LogP contribution in [0.25, 0.3) is 0 Å². The molecule has 0 aromatic heterocycles. The Morgan fingerprint density at radius 1 is 1.40 bits per heavy atom. The van der Waals surface area contributed by atoms with Crippen LogP contribution < -0.4 is 10.5 Å². The van der Waals surface area contributed by atoms with E-state index in [2.05, 4.69) is 0 Å². The van der Waals surface area contributed by atoms with Crippen molar-refractivity contribution >= 4 is 17.6 Å². The molecule has 15 heavy (non-hydrogen) atoms. The van der Waals surface area contributed by atoms with Crippen molar-refractivity contribution in [3.05, 3.63) is 24.3 Å². The van der Waals surface area contributed by atoms with Crippen LogP contribution in [-0.2, 0) is 0 Å². The molecular weight excluding hydrogens is 208 g/mol. The number of nitrogens with two attached hydrogens (primary N) is 1. The lowest BCUT2D eigenvalue weighted by Gasteiger charge is -2.03. The number of methoxy groups -OCH3 is 1. The Kier molecular flexibility index (Phi) is 5.04. The maximum atomic E-state index is 7.08. The van der Waals surface area contributed by atoms with Gasteiger partial charge in [0, 0.05) is 11.3 Å². The van der Waals surface area contributed by atoms with Gasteiger partial charge in [-0.3, -0.25) is 5.41 Å². The molecule has 1 aromatic rings. The van der Waals surface area contributed by atoms with Gasteiger partial charge in [-0.25, -0.2) is 0 Å². The molecule has 0 atom stereocenters. The van der Waals surface area contributed by atoms with Gasteiger partial charge in [0.05, 0.1) is 12.9 Å². The van der Waals surface area contributed by atoms with Crippen molar-refractivity contribution in [2.45, 2.75) is 17.7 Å². The molecule has 0 aliphatic carbocycles. The highest BCUT2D eigenvalue weighted by Crippen LogP contribution is 2.21. The van der Waals surface area contributed by atoms with E-state index in [0.717, 1.165) is 17.9 Å². The van der Waals surface area contributed by atoms with Gasteiger partial charge in [0.1, 0.15) is 5.75 Å². The Bertz CT molecular complexity index is 311. The largest absolute Gasteiger partial charge is 0.497 e. The van der Waals surface area contributed by atoms with Crippen LogP contribution in [0.4, 0.5) is 0 Å². The third-order valence-electron chi connectivity index (χ3n) is 1.92. The average Bonchev–Trinajstić information content (AvgIpc) is 2.25. The number of hydrogen-bond acceptors (Lipinski definition) is 3. The number of nitrogens with one attached hydrogen (secondary N) is 1. The van der Waals surface area contributed by atoms with Crippen LogP contribution in [0.15, 0.2) is 29.2 Å². The molecule has 3 nitrogen and oxygen atoms in total. The minimum absolute atomic E-state index is 0.269. The fourth-order valence-electron chi connectivity index (χ4n) is 1.12. The molecule has 0 bridgehead atoms.